The average molecular weight is 230 g/mol. The molecule has 7 heteroatoms. The van der Waals surface area contributed by atoms with Crippen LogP contribution in [-0.2, 0) is 6.54 Å². The molecule has 0 fully saturated rings. The van der Waals surface area contributed by atoms with Gasteiger partial charge < -0.3 is 16.2 Å². The van der Waals surface area contributed by atoms with E-state index >= 15 is 0 Å². The Labute approximate surface area is 91.1 Å². The first kappa shape index (κ1) is 12.2. The number of hydrogen-bond donors (Lipinski definition) is 2. The topological polar surface area (TPSA) is 86.5 Å². The molecule has 5 nitrogen and oxygen atoms in total. The van der Waals surface area contributed by atoms with Crippen LogP contribution < -0.4 is 16.2 Å². The maximum Gasteiger partial charge on any atom is 0.272 e. The number of hydrogen-bond acceptors (Lipinski definition) is 3. The molecule has 0 aromatic carbocycles. The lowest BCUT2D eigenvalue weighted by Crippen LogP contribution is -2.22. The van der Waals surface area contributed by atoms with Crippen LogP contribution >= 0.6 is 0 Å². The number of halogens is 2. The molecule has 0 radical (unpaired) electrons. The number of alkyl halides is 2. The minimum atomic E-state index is -2.52. The van der Waals surface area contributed by atoms with Gasteiger partial charge in [-0.05, 0) is 6.07 Å². The van der Waals surface area contributed by atoms with Crippen molar-refractivity contribution >= 4 is 5.96 Å². The highest BCUT2D eigenvalue weighted by molar-refractivity contribution is 5.75. The highest BCUT2D eigenvalue weighted by Gasteiger charge is 2.04. The van der Waals surface area contributed by atoms with Crippen molar-refractivity contribution in [1.82, 2.24) is 4.98 Å². The summed E-state index contributed by atoms with van der Waals surface area (Å²) in [6, 6.07) is 4.79. The molecule has 1 rings (SSSR count). The van der Waals surface area contributed by atoms with E-state index in [2.05, 4.69) is 9.98 Å². The van der Waals surface area contributed by atoms with Crippen LogP contribution in [0.1, 0.15) is 5.69 Å². The number of ether oxygens (including phenoxy) is 1. The molecular formula is C9H12F2N4O. The minimum Gasteiger partial charge on any atom is -0.472 e. The van der Waals surface area contributed by atoms with Crippen LogP contribution in [0, 0.1) is 0 Å². The molecule has 4 N–H and O–H groups in total. The van der Waals surface area contributed by atoms with E-state index in [-0.39, 0.29) is 18.4 Å². The summed E-state index contributed by atoms with van der Waals surface area (Å²) in [4.78, 5) is 7.68. The van der Waals surface area contributed by atoms with Gasteiger partial charge in [0, 0.05) is 6.07 Å². The molecule has 0 aliphatic carbocycles. The van der Waals surface area contributed by atoms with E-state index in [9.17, 15) is 8.78 Å². The summed E-state index contributed by atoms with van der Waals surface area (Å²) in [5.74, 6) is 0.0734. The summed E-state index contributed by atoms with van der Waals surface area (Å²) in [7, 11) is 0. The van der Waals surface area contributed by atoms with E-state index in [4.69, 9.17) is 16.2 Å². The first-order chi connectivity index (χ1) is 7.58. The lowest BCUT2D eigenvalue weighted by molar-refractivity contribution is 0.0795. The second kappa shape index (κ2) is 5.84. The van der Waals surface area contributed by atoms with Gasteiger partial charge in [-0.25, -0.2) is 18.8 Å². The standard InChI is InChI=1S/C9H12F2N4O/c10-7(11)5-16-8-3-1-2-6(15-8)4-14-9(12)13/h1-3,7H,4-5H2,(H4,12,13,14). The first-order valence-corrected chi connectivity index (χ1v) is 4.50. The highest BCUT2D eigenvalue weighted by Crippen LogP contribution is 2.09. The van der Waals surface area contributed by atoms with Crippen molar-refractivity contribution < 1.29 is 13.5 Å². The molecule has 0 bridgehead atoms. The molecule has 0 atom stereocenters. The van der Waals surface area contributed by atoms with Gasteiger partial charge in [0.2, 0.25) is 5.88 Å². The molecule has 16 heavy (non-hydrogen) atoms. The number of pyridine rings is 1. The number of nitrogens with two attached hydrogens (primary N) is 2. The molecule has 0 amide bonds. The van der Waals surface area contributed by atoms with Gasteiger partial charge in [0.1, 0.15) is 0 Å². The largest absolute Gasteiger partial charge is 0.472 e. The molecular weight excluding hydrogens is 218 g/mol. The van der Waals surface area contributed by atoms with Crippen molar-refractivity contribution in [2.45, 2.75) is 13.0 Å². The zero-order valence-corrected chi connectivity index (χ0v) is 8.44. The van der Waals surface area contributed by atoms with Crippen LogP contribution in [0.2, 0.25) is 0 Å². The Hall–Kier alpha value is -1.92. The van der Waals surface area contributed by atoms with E-state index in [0.717, 1.165) is 0 Å². The van der Waals surface area contributed by atoms with Crippen LogP contribution in [0.5, 0.6) is 5.88 Å². The van der Waals surface area contributed by atoms with E-state index in [1.165, 1.54) is 6.07 Å². The molecule has 0 saturated heterocycles. The second-order valence-corrected chi connectivity index (χ2v) is 2.91. The SMILES string of the molecule is NC(N)=NCc1cccc(OCC(F)F)n1. The zero-order chi connectivity index (χ0) is 12.0. The Morgan fingerprint density at radius 2 is 2.19 bits per heavy atom. The van der Waals surface area contributed by atoms with E-state index < -0.39 is 13.0 Å². The lowest BCUT2D eigenvalue weighted by Gasteiger charge is -2.05. The van der Waals surface area contributed by atoms with Crippen LogP contribution in [0.15, 0.2) is 23.2 Å². The van der Waals surface area contributed by atoms with E-state index in [0.29, 0.717) is 5.69 Å². The molecule has 1 aromatic rings. The summed E-state index contributed by atoms with van der Waals surface area (Å²) >= 11 is 0. The maximum absolute atomic E-state index is 11.9. The minimum absolute atomic E-state index is 0.0549. The van der Waals surface area contributed by atoms with Gasteiger partial charge >= 0.3 is 0 Å². The maximum atomic E-state index is 11.9. The zero-order valence-electron chi connectivity index (χ0n) is 8.44. The Kier molecular flexibility index (Phi) is 4.43. The number of aromatic nitrogens is 1. The molecule has 0 unspecified atom stereocenters. The van der Waals surface area contributed by atoms with Crippen LogP contribution in [0.25, 0.3) is 0 Å². The van der Waals surface area contributed by atoms with Gasteiger partial charge in [0.25, 0.3) is 6.43 Å². The molecule has 0 aliphatic rings. The van der Waals surface area contributed by atoms with Gasteiger partial charge in [-0.15, -0.1) is 0 Å². The van der Waals surface area contributed by atoms with Crippen molar-refractivity contribution in [3.05, 3.63) is 23.9 Å². The van der Waals surface area contributed by atoms with Crippen molar-refractivity contribution in [2.75, 3.05) is 6.61 Å². The van der Waals surface area contributed by atoms with Crippen molar-refractivity contribution in [2.24, 2.45) is 16.5 Å². The lowest BCUT2D eigenvalue weighted by atomic mass is 10.3. The molecule has 1 heterocycles. The summed E-state index contributed by atoms with van der Waals surface area (Å²) in [5.41, 5.74) is 10.8. The van der Waals surface area contributed by atoms with Crippen molar-refractivity contribution in [1.29, 1.82) is 0 Å². The van der Waals surface area contributed by atoms with Crippen LogP contribution in [0.3, 0.4) is 0 Å². The summed E-state index contributed by atoms with van der Waals surface area (Å²) in [5, 5.41) is 0. The normalized spacial score (nSPS) is 10.2. The Morgan fingerprint density at radius 1 is 1.44 bits per heavy atom. The first-order valence-electron chi connectivity index (χ1n) is 4.50. The summed E-state index contributed by atoms with van der Waals surface area (Å²) in [6.07, 6.45) is -2.52. The fraction of sp³-hybridized carbons (Fsp3) is 0.333. The van der Waals surface area contributed by atoms with Crippen molar-refractivity contribution in [3.8, 4) is 5.88 Å². The third-order valence-electron chi connectivity index (χ3n) is 1.56. The van der Waals surface area contributed by atoms with Crippen molar-refractivity contribution in [3.63, 3.8) is 0 Å². The van der Waals surface area contributed by atoms with Crippen LogP contribution in [0.4, 0.5) is 8.78 Å². The third kappa shape index (κ3) is 4.54. The number of rotatable bonds is 5. The van der Waals surface area contributed by atoms with Gasteiger partial charge in [-0.1, -0.05) is 6.07 Å². The summed E-state index contributed by atoms with van der Waals surface area (Å²) < 4.78 is 28.5. The number of guanidine groups is 1. The Morgan fingerprint density at radius 3 is 2.81 bits per heavy atom. The Bertz CT molecular complexity index is 366. The smallest absolute Gasteiger partial charge is 0.272 e. The predicted octanol–water partition coefficient (Wildman–Crippen LogP) is 0.499. The van der Waals surface area contributed by atoms with Gasteiger partial charge in [0.15, 0.2) is 12.6 Å². The summed E-state index contributed by atoms with van der Waals surface area (Å²) in [6.45, 7) is -0.493. The predicted molar refractivity (Wildman–Crippen MR) is 55.2 cm³/mol. The molecule has 0 aliphatic heterocycles. The monoisotopic (exact) mass is 230 g/mol. The molecule has 1 aromatic heterocycles. The average Bonchev–Trinajstić information content (AvgIpc) is 2.24. The van der Waals surface area contributed by atoms with Gasteiger partial charge in [-0.2, -0.15) is 0 Å². The Balaban J connectivity index is 2.60. The molecule has 88 valence electrons. The molecule has 0 spiro atoms. The number of nitrogens with zero attached hydrogens (tertiary/aromatic N) is 2. The second-order valence-electron chi connectivity index (χ2n) is 2.91. The number of aliphatic imine (C=N–C) groups is 1. The third-order valence-corrected chi connectivity index (χ3v) is 1.56. The van der Waals surface area contributed by atoms with E-state index in [1.807, 2.05) is 0 Å². The fourth-order valence-electron chi connectivity index (χ4n) is 0.947. The van der Waals surface area contributed by atoms with Crippen LogP contribution in [-0.4, -0.2) is 24.0 Å². The van der Waals surface area contributed by atoms with Gasteiger partial charge in [0.05, 0.1) is 12.2 Å². The van der Waals surface area contributed by atoms with E-state index in [1.54, 1.807) is 12.1 Å². The quantitative estimate of drug-likeness (QED) is 0.569. The van der Waals surface area contributed by atoms with Gasteiger partial charge in [-0.3, -0.25) is 0 Å². The highest BCUT2D eigenvalue weighted by atomic mass is 19.3. The molecule has 0 saturated carbocycles. The fourth-order valence-corrected chi connectivity index (χ4v) is 0.947.